The van der Waals surface area contributed by atoms with Crippen molar-refractivity contribution in [3.63, 3.8) is 0 Å². The van der Waals surface area contributed by atoms with Crippen molar-refractivity contribution in [1.82, 2.24) is 5.32 Å². The molecule has 1 atom stereocenters. The van der Waals surface area contributed by atoms with E-state index < -0.39 is 0 Å². The van der Waals surface area contributed by atoms with E-state index in [2.05, 4.69) is 12.2 Å². The summed E-state index contributed by atoms with van der Waals surface area (Å²) in [6, 6.07) is 2.37. The Hall–Kier alpha value is -1.22. The molecule has 0 aliphatic carbocycles. The van der Waals surface area contributed by atoms with Gasteiger partial charge < -0.3 is 15.2 Å². The fraction of sp³-hybridized carbons (Fsp3) is 0.538. The zero-order valence-corrected chi connectivity index (χ0v) is 10.1. The smallest absolute Gasteiger partial charge is 0.161 e. The molecule has 0 bridgehead atoms. The maximum atomic E-state index is 9.90. The zero-order chi connectivity index (χ0) is 11.7. The van der Waals surface area contributed by atoms with E-state index in [-0.39, 0.29) is 5.75 Å². The highest BCUT2D eigenvalue weighted by Crippen LogP contribution is 2.38. The number of phenolic OH excluding ortho intramolecular Hbond substituents is 1. The van der Waals surface area contributed by atoms with E-state index in [1.165, 1.54) is 12.0 Å². The van der Waals surface area contributed by atoms with Crippen molar-refractivity contribution in [3.05, 3.63) is 22.8 Å². The third kappa shape index (κ3) is 1.76. The van der Waals surface area contributed by atoms with Crippen LogP contribution in [0.25, 0.3) is 0 Å². The molecule has 1 aromatic carbocycles. The molecular weight excluding hydrogens is 202 g/mol. The van der Waals surface area contributed by atoms with Gasteiger partial charge in [0.2, 0.25) is 0 Å². The van der Waals surface area contributed by atoms with Crippen LogP contribution in [0.1, 0.15) is 35.6 Å². The van der Waals surface area contributed by atoms with Crippen LogP contribution in [-0.2, 0) is 0 Å². The summed E-state index contributed by atoms with van der Waals surface area (Å²) in [5.41, 5.74) is 3.34. The molecule has 2 N–H and O–H groups in total. The number of hydrogen-bond donors (Lipinski definition) is 2. The first kappa shape index (κ1) is 11.3. The van der Waals surface area contributed by atoms with Crippen LogP contribution in [0.3, 0.4) is 0 Å². The van der Waals surface area contributed by atoms with Crippen molar-refractivity contribution >= 4 is 0 Å². The first-order valence-corrected chi connectivity index (χ1v) is 5.75. The van der Waals surface area contributed by atoms with Crippen molar-refractivity contribution in [2.24, 2.45) is 0 Å². The fourth-order valence-electron chi connectivity index (χ4n) is 2.36. The fourth-order valence-corrected chi connectivity index (χ4v) is 2.36. The van der Waals surface area contributed by atoms with Gasteiger partial charge in [-0.15, -0.1) is 0 Å². The maximum absolute atomic E-state index is 9.90. The summed E-state index contributed by atoms with van der Waals surface area (Å²) >= 11 is 0. The summed E-state index contributed by atoms with van der Waals surface area (Å²) in [7, 11) is 1.59. The van der Waals surface area contributed by atoms with Gasteiger partial charge in [-0.25, -0.2) is 0 Å². The molecule has 0 saturated carbocycles. The van der Waals surface area contributed by atoms with Gasteiger partial charge in [0.25, 0.3) is 0 Å². The molecule has 1 fully saturated rings. The van der Waals surface area contributed by atoms with Crippen LogP contribution in [0.4, 0.5) is 0 Å². The minimum Gasteiger partial charge on any atom is -0.504 e. The van der Waals surface area contributed by atoms with Crippen molar-refractivity contribution in [2.75, 3.05) is 13.7 Å². The average Bonchev–Trinajstić information content (AvgIpc) is 2.80. The van der Waals surface area contributed by atoms with Crippen LogP contribution >= 0.6 is 0 Å². The van der Waals surface area contributed by atoms with E-state index in [1.54, 1.807) is 7.11 Å². The molecule has 2 rings (SSSR count). The lowest BCUT2D eigenvalue weighted by Crippen LogP contribution is -2.14. The zero-order valence-electron chi connectivity index (χ0n) is 10.1. The molecule has 1 heterocycles. The predicted molar refractivity (Wildman–Crippen MR) is 64.1 cm³/mol. The first-order valence-electron chi connectivity index (χ1n) is 5.75. The Bertz CT molecular complexity index is 395. The number of rotatable bonds is 2. The van der Waals surface area contributed by atoms with Crippen molar-refractivity contribution in [3.8, 4) is 11.5 Å². The highest BCUT2D eigenvalue weighted by Gasteiger charge is 2.21. The van der Waals surface area contributed by atoms with E-state index in [9.17, 15) is 5.11 Å². The Balaban J connectivity index is 2.48. The first-order chi connectivity index (χ1) is 7.65. The minimum absolute atomic E-state index is 0.266. The Morgan fingerprint density at radius 1 is 1.38 bits per heavy atom. The molecule has 3 heteroatoms. The number of ether oxygens (including phenoxy) is 1. The number of benzene rings is 1. The second-order valence-corrected chi connectivity index (χ2v) is 4.42. The van der Waals surface area contributed by atoms with Crippen LogP contribution in [0.2, 0.25) is 0 Å². The summed E-state index contributed by atoms with van der Waals surface area (Å²) in [5.74, 6) is 0.841. The van der Waals surface area contributed by atoms with Gasteiger partial charge >= 0.3 is 0 Å². The van der Waals surface area contributed by atoms with Gasteiger partial charge in [-0.1, -0.05) is 0 Å². The average molecular weight is 221 g/mol. The normalized spacial score (nSPS) is 20.1. The summed E-state index contributed by atoms with van der Waals surface area (Å²) in [6.07, 6.45) is 2.38. The molecule has 1 aliphatic heterocycles. The van der Waals surface area contributed by atoms with Crippen LogP contribution in [0.5, 0.6) is 11.5 Å². The topological polar surface area (TPSA) is 41.5 Å². The van der Waals surface area contributed by atoms with Crippen LogP contribution in [0, 0.1) is 13.8 Å². The molecular formula is C13H19NO2. The number of nitrogens with one attached hydrogen (secondary N) is 1. The molecule has 0 radical (unpaired) electrons. The quantitative estimate of drug-likeness (QED) is 0.806. The monoisotopic (exact) mass is 221 g/mol. The van der Waals surface area contributed by atoms with Crippen molar-refractivity contribution < 1.29 is 9.84 Å². The summed E-state index contributed by atoms with van der Waals surface area (Å²) in [5, 5.41) is 13.4. The van der Waals surface area contributed by atoms with Gasteiger partial charge in [0, 0.05) is 6.04 Å². The van der Waals surface area contributed by atoms with Crippen LogP contribution in [-0.4, -0.2) is 18.8 Å². The molecule has 88 valence electrons. The second-order valence-electron chi connectivity index (χ2n) is 4.42. The molecule has 1 saturated heterocycles. The SMILES string of the molecule is COc1cc(C2CCCN2)c(C)c(C)c1O. The van der Waals surface area contributed by atoms with Gasteiger partial charge in [0.1, 0.15) is 0 Å². The summed E-state index contributed by atoms with van der Waals surface area (Å²) < 4.78 is 5.20. The van der Waals surface area contributed by atoms with Crippen molar-refractivity contribution in [1.29, 1.82) is 0 Å². The number of hydrogen-bond acceptors (Lipinski definition) is 3. The van der Waals surface area contributed by atoms with Gasteiger partial charge in [-0.2, -0.15) is 0 Å². The standard InChI is InChI=1S/C13H19NO2/c1-8-9(2)13(15)12(16-3)7-10(8)11-5-4-6-14-11/h7,11,14-15H,4-6H2,1-3H3. The molecule has 0 aromatic heterocycles. The molecule has 16 heavy (non-hydrogen) atoms. The molecule has 3 nitrogen and oxygen atoms in total. The Morgan fingerprint density at radius 3 is 2.69 bits per heavy atom. The lowest BCUT2D eigenvalue weighted by Gasteiger charge is -2.18. The maximum Gasteiger partial charge on any atom is 0.161 e. The van der Waals surface area contributed by atoms with E-state index >= 15 is 0 Å². The highest BCUT2D eigenvalue weighted by molar-refractivity contribution is 5.53. The van der Waals surface area contributed by atoms with Crippen LogP contribution in [0.15, 0.2) is 6.07 Å². The van der Waals surface area contributed by atoms with Gasteiger partial charge in [-0.3, -0.25) is 0 Å². The van der Waals surface area contributed by atoms with Crippen molar-refractivity contribution in [2.45, 2.75) is 32.7 Å². The number of methoxy groups -OCH3 is 1. The van der Waals surface area contributed by atoms with Gasteiger partial charge in [0.05, 0.1) is 7.11 Å². The lowest BCUT2D eigenvalue weighted by molar-refractivity contribution is 0.370. The summed E-state index contributed by atoms with van der Waals surface area (Å²) in [6.45, 7) is 5.07. The van der Waals surface area contributed by atoms with E-state index in [0.29, 0.717) is 11.8 Å². The second kappa shape index (κ2) is 4.34. The largest absolute Gasteiger partial charge is 0.504 e. The van der Waals surface area contributed by atoms with Gasteiger partial charge in [0.15, 0.2) is 11.5 Å². The third-order valence-corrected chi connectivity index (χ3v) is 3.53. The molecule has 1 aromatic rings. The predicted octanol–water partition coefficient (Wildman–Crippen LogP) is 2.44. The minimum atomic E-state index is 0.266. The lowest BCUT2D eigenvalue weighted by atomic mass is 9.95. The van der Waals surface area contributed by atoms with E-state index in [0.717, 1.165) is 24.1 Å². The number of aromatic hydroxyl groups is 1. The highest BCUT2D eigenvalue weighted by atomic mass is 16.5. The number of phenols is 1. The Labute approximate surface area is 96.4 Å². The van der Waals surface area contributed by atoms with Gasteiger partial charge in [-0.05, 0) is 56.0 Å². The molecule has 1 aliphatic rings. The van der Waals surface area contributed by atoms with Crippen LogP contribution < -0.4 is 10.1 Å². The van der Waals surface area contributed by atoms with E-state index in [1.807, 2.05) is 13.0 Å². The molecule has 0 spiro atoms. The Morgan fingerprint density at radius 2 is 2.12 bits per heavy atom. The summed E-state index contributed by atoms with van der Waals surface area (Å²) in [4.78, 5) is 0. The Kier molecular flexibility index (Phi) is 3.06. The third-order valence-electron chi connectivity index (χ3n) is 3.53. The molecule has 1 unspecified atom stereocenters. The molecule has 0 amide bonds. The van der Waals surface area contributed by atoms with E-state index in [4.69, 9.17) is 4.74 Å².